The number of halogens is 1. The van der Waals surface area contributed by atoms with Gasteiger partial charge in [0.15, 0.2) is 0 Å². The van der Waals surface area contributed by atoms with E-state index in [0.717, 1.165) is 17.5 Å². The van der Waals surface area contributed by atoms with Gasteiger partial charge in [0.2, 0.25) is 5.91 Å². The van der Waals surface area contributed by atoms with Crippen LogP contribution in [0.5, 0.6) is 11.5 Å². The van der Waals surface area contributed by atoms with E-state index in [9.17, 15) is 19.5 Å². The standard InChI is InChI=1S/C36H43ClN2O7/c1-35(2,3)33(42)38-30-16-15-28(20-29(30)32(41)44-7)45-27-14-12-22-11-13-26(18-24(22)19-27)39(34(43)46-36(4,5)6)21-31(40)23-9-8-10-25(37)17-23/h8-10,12,14-17,19-20,26,31,40H,11,13,18,21H2,1-7H3,(H,38,42)/t26-,31-/m0/s1. The highest BCUT2D eigenvalue weighted by Crippen LogP contribution is 2.33. The Morgan fingerprint density at radius 1 is 0.978 bits per heavy atom. The lowest BCUT2D eigenvalue weighted by Crippen LogP contribution is -2.47. The molecule has 46 heavy (non-hydrogen) atoms. The number of esters is 1. The summed E-state index contributed by atoms with van der Waals surface area (Å²) < 4.78 is 16.9. The topological polar surface area (TPSA) is 114 Å². The predicted octanol–water partition coefficient (Wildman–Crippen LogP) is 7.73. The first-order valence-electron chi connectivity index (χ1n) is 15.3. The summed E-state index contributed by atoms with van der Waals surface area (Å²) in [4.78, 5) is 40.2. The van der Waals surface area contributed by atoms with Crippen molar-refractivity contribution >= 4 is 35.3 Å². The maximum atomic E-state index is 13.5. The van der Waals surface area contributed by atoms with Crippen molar-refractivity contribution in [3.05, 3.63) is 87.9 Å². The highest BCUT2D eigenvalue weighted by atomic mass is 35.5. The van der Waals surface area contributed by atoms with Crippen molar-refractivity contribution in [3.63, 3.8) is 0 Å². The minimum atomic E-state index is -0.956. The van der Waals surface area contributed by atoms with Crippen LogP contribution in [0.1, 0.15) is 81.1 Å². The molecular formula is C36H43ClN2O7. The monoisotopic (exact) mass is 650 g/mol. The number of hydrogen-bond donors (Lipinski definition) is 2. The number of anilines is 1. The number of ether oxygens (including phenoxy) is 3. The van der Waals surface area contributed by atoms with Crippen LogP contribution in [0.3, 0.4) is 0 Å². The second kappa shape index (κ2) is 14.1. The first-order chi connectivity index (χ1) is 21.5. The number of carbonyl (C=O) groups is 3. The number of nitrogens with one attached hydrogen (secondary N) is 1. The number of methoxy groups -OCH3 is 1. The van der Waals surface area contributed by atoms with Gasteiger partial charge in [0, 0.05) is 16.5 Å². The molecule has 3 aromatic rings. The Balaban J connectivity index is 1.57. The quantitative estimate of drug-likeness (QED) is 0.240. The molecule has 0 heterocycles. The first kappa shape index (κ1) is 34.8. The lowest BCUT2D eigenvalue weighted by molar-refractivity contribution is -0.123. The molecule has 0 fully saturated rings. The van der Waals surface area contributed by atoms with Gasteiger partial charge in [-0.05, 0) is 99.2 Å². The second-order valence-corrected chi connectivity index (χ2v) is 14.0. The zero-order valence-corrected chi connectivity index (χ0v) is 28.2. The number of amides is 2. The van der Waals surface area contributed by atoms with Gasteiger partial charge in [-0.25, -0.2) is 9.59 Å². The SMILES string of the molecule is COC(=O)c1cc(Oc2ccc3c(c2)C[C@@H](N(C[C@H](O)c2cccc(Cl)c2)C(=O)OC(C)(C)C)CC3)ccc1NC(=O)C(C)(C)C. The van der Waals surface area contributed by atoms with E-state index < -0.39 is 29.2 Å². The molecule has 0 unspecified atom stereocenters. The third kappa shape index (κ3) is 9.01. The summed E-state index contributed by atoms with van der Waals surface area (Å²) in [5, 5.41) is 14.4. The number of aliphatic hydroxyl groups is 1. The lowest BCUT2D eigenvalue weighted by Gasteiger charge is -2.37. The second-order valence-electron chi connectivity index (χ2n) is 13.5. The van der Waals surface area contributed by atoms with Gasteiger partial charge in [-0.15, -0.1) is 0 Å². The summed E-state index contributed by atoms with van der Waals surface area (Å²) in [5.41, 5.74) is 1.88. The van der Waals surface area contributed by atoms with Crippen LogP contribution in [0.15, 0.2) is 60.7 Å². The number of aliphatic hydroxyl groups excluding tert-OH is 1. The Morgan fingerprint density at radius 3 is 2.33 bits per heavy atom. The summed E-state index contributed by atoms with van der Waals surface area (Å²) in [6.07, 6.45) is 0.491. The molecule has 0 spiro atoms. The van der Waals surface area contributed by atoms with Gasteiger partial charge in [-0.2, -0.15) is 0 Å². The van der Waals surface area contributed by atoms with Crippen LogP contribution in [0.2, 0.25) is 5.02 Å². The summed E-state index contributed by atoms with van der Waals surface area (Å²) >= 11 is 6.16. The molecule has 0 aliphatic heterocycles. The molecule has 0 radical (unpaired) electrons. The summed E-state index contributed by atoms with van der Waals surface area (Å²) in [7, 11) is 1.28. The fourth-order valence-electron chi connectivity index (χ4n) is 5.16. The van der Waals surface area contributed by atoms with E-state index >= 15 is 0 Å². The van der Waals surface area contributed by atoms with Crippen LogP contribution in [-0.4, -0.2) is 53.3 Å². The Labute approximate surface area is 275 Å². The molecule has 0 saturated carbocycles. The summed E-state index contributed by atoms with van der Waals surface area (Å²) in [5.74, 6) is 0.0900. The third-order valence-electron chi connectivity index (χ3n) is 7.61. The Morgan fingerprint density at radius 2 is 1.67 bits per heavy atom. The van der Waals surface area contributed by atoms with E-state index in [0.29, 0.717) is 40.6 Å². The molecule has 3 aromatic carbocycles. The Bertz CT molecular complexity index is 1590. The van der Waals surface area contributed by atoms with Gasteiger partial charge in [-0.1, -0.05) is 50.6 Å². The number of aryl methyl sites for hydroxylation is 1. The first-order valence-corrected chi connectivity index (χ1v) is 15.7. The van der Waals surface area contributed by atoms with Gasteiger partial charge in [-0.3, -0.25) is 4.79 Å². The zero-order chi connectivity index (χ0) is 33.8. The normalized spacial score (nSPS) is 15.3. The molecule has 4 rings (SSSR count). The molecular weight excluding hydrogens is 608 g/mol. The van der Waals surface area contributed by atoms with E-state index in [1.54, 1.807) is 62.1 Å². The number of nitrogens with zero attached hydrogens (tertiary/aromatic N) is 1. The Kier molecular flexibility index (Phi) is 10.7. The van der Waals surface area contributed by atoms with Gasteiger partial charge < -0.3 is 29.5 Å². The fourth-order valence-corrected chi connectivity index (χ4v) is 5.36. The maximum Gasteiger partial charge on any atom is 0.410 e. The van der Waals surface area contributed by atoms with Crippen molar-refractivity contribution in [3.8, 4) is 11.5 Å². The van der Waals surface area contributed by atoms with Crippen molar-refractivity contribution in [2.24, 2.45) is 5.41 Å². The van der Waals surface area contributed by atoms with Crippen LogP contribution in [0.4, 0.5) is 10.5 Å². The smallest absolute Gasteiger partial charge is 0.410 e. The van der Waals surface area contributed by atoms with Crippen LogP contribution in [-0.2, 0) is 27.1 Å². The van der Waals surface area contributed by atoms with Gasteiger partial charge in [0.25, 0.3) is 0 Å². The average molecular weight is 651 g/mol. The summed E-state index contributed by atoms with van der Waals surface area (Å²) in [6.45, 7) is 10.8. The molecule has 2 amide bonds. The number of fused-ring (bicyclic) bond motifs is 1. The maximum absolute atomic E-state index is 13.5. The van der Waals surface area contributed by atoms with Crippen molar-refractivity contribution in [1.82, 2.24) is 4.90 Å². The molecule has 0 aromatic heterocycles. The van der Waals surface area contributed by atoms with Crippen molar-refractivity contribution in [2.45, 2.75) is 78.6 Å². The highest BCUT2D eigenvalue weighted by molar-refractivity contribution is 6.30. The Hall–Kier alpha value is -4.08. The average Bonchev–Trinajstić information content (AvgIpc) is 2.98. The molecule has 1 aliphatic rings. The lowest BCUT2D eigenvalue weighted by atomic mass is 9.87. The molecule has 10 heteroatoms. The number of rotatable bonds is 8. The molecule has 2 N–H and O–H groups in total. The minimum absolute atomic E-state index is 0.0415. The molecule has 9 nitrogen and oxygen atoms in total. The van der Waals surface area contributed by atoms with Crippen LogP contribution in [0, 0.1) is 5.41 Å². The van der Waals surface area contributed by atoms with E-state index in [1.165, 1.54) is 13.2 Å². The van der Waals surface area contributed by atoms with E-state index in [-0.39, 0.29) is 24.1 Å². The molecule has 0 saturated heterocycles. The number of carbonyl (C=O) groups excluding carboxylic acids is 3. The zero-order valence-electron chi connectivity index (χ0n) is 27.5. The fraction of sp³-hybridized carbons (Fsp3) is 0.417. The summed E-state index contributed by atoms with van der Waals surface area (Å²) in [6, 6.07) is 17.3. The van der Waals surface area contributed by atoms with Crippen LogP contribution >= 0.6 is 11.6 Å². The van der Waals surface area contributed by atoms with Crippen molar-refractivity contribution in [1.29, 1.82) is 0 Å². The van der Waals surface area contributed by atoms with Gasteiger partial charge in [0.1, 0.15) is 17.1 Å². The number of hydrogen-bond acceptors (Lipinski definition) is 7. The molecule has 2 atom stereocenters. The number of benzene rings is 3. The van der Waals surface area contributed by atoms with E-state index in [1.807, 2.05) is 39.0 Å². The third-order valence-corrected chi connectivity index (χ3v) is 7.85. The van der Waals surface area contributed by atoms with E-state index in [4.69, 9.17) is 25.8 Å². The van der Waals surface area contributed by atoms with Crippen LogP contribution in [0.25, 0.3) is 0 Å². The van der Waals surface area contributed by atoms with Crippen molar-refractivity contribution < 1.29 is 33.7 Å². The van der Waals surface area contributed by atoms with Crippen molar-refractivity contribution in [2.75, 3.05) is 19.0 Å². The van der Waals surface area contributed by atoms with Crippen LogP contribution < -0.4 is 10.1 Å². The minimum Gasteiger partial charge on any atom is -0.465 e. The van der Waals surface area contributed by atoms with Gasteiger partial charge >= 0.3 is 12.1 Å². The highest BCUT2D eigenvalue weighted by Gasteiger charge is 2.33. The van der Waals surface area contributed by atoms with Gasteiger partial charge in [0.05, 0.1) is 31.0 Å². The predicted molar refractivity (Wildman–Crippen MR) is 178 cm³/mol. The largest absolute Gasteiger partial charge is 0.465 e. The van der Waals surface area contributed by atoms with E-state index in [2.05, 4.69) is 5.32 Å². The molecule has 246 valence electrons. The molecule has 0 bridgehead atoms. The molecule has 1 aliphatic carbocycles.